The van der Waals surface area contributed by atoms with Gasteiger partial charge in [-0.05, 0) is 18.9 Å². The van der Waals surface area contributed by atoms with Crippen LogP contribution in [-0.2, 0) is 16.6 Å². The molecule has 1 saturated carbocycles. The predicted octanol–water partition coefficient (Wildman–Crippen LogP) is 0.680. The Hall–Kier alpha value is -0.850. The van der Waals surface area contributed by atoms with E-state index in [-0.39, 0.29) is 17.5 Å². The molecule has 90 valence electrons. The number of sulfonamides is 1. The van der Waals surface area contributed by atoms with Gasteiger partial charge in [0.05, 0.1) is 11.5 Å². The molecule has 0 unspecified atom stereocenters. The van der Waals surface area contributed by atoms with E-state index in [1.807, 2.05) is 6.92 Å². The van der Waals surface area contributed by atoms with Gasteiger partial charge in [-0.15, -0.1) is 0 Å². The Bertz CT molecular complexity index is 462. The molecule has 1 aromatic heterocycles. The van der Waals surface area contributed by atoms with Gasteiger partial charge in [0.25, 0.3) is 0 Å². The number of aliphatic hydroxyl groups excluding tert-OH is 1. The monoisotopic (exact) mass is 244 g/mol. The second-order valence-electron chi connectivity index (χ2n) is 3.96. The van der Waals surface area contributed by atoms with Gasteiger partial charge in [-0.3, -0.25) is 0 Å². The largest absolute Gasteiger partial charge is 0.390 e. The Labute approximate surface area is 95.1 Å². The molecule has 1 aliphatic rings. The Morgan fingerprint density at radius 2 is 2.25 bits per heavy atom. The van der Waals surface area contributed by atoms with Crippen LogP contribution in [0.2, 0.25) is 0 Å². The maximum atomic E-state index is 12.2. The van der Waals surface area contributed by atoms with Crippen LogP contribution < -0.4 is 0 Å². The third-order valence-electron chi connectivity index (χ3n) is 2.76. The van der Waals surface area contributed by atoms with Gasteiger partial charge in [0.2, 0.25) is 10.0 Å². The predicted molar refractivity (Wildman–Crippen MR) is 59.3 cm³/mol. The molecule has 6 heteroatoms. The molecule has 0 spiro atoms. The van der Waals surface area contributed by atoms with Crippen molar-refractivity contribution < 1.29 is 13.5 Å². The summed E-state index contributed by atoms with van der Waals surface area (Å²) in [5.41, 5.74) is 0.519. The molecule has 16 heavy (non-hydrogen) atoms. The summed E-state index contributed by atoms with van der Waals surface area (Å²) in [5, 5.41) is 8.89. The SMILES string of the molecule is CCN(C1CC1)S(=O)(=O)c1c[nH]c(CO)c1. The molecule has 0 aromatic carbocycles. The molecule has 0 saturated heterocycles. The number of nitrogens with one attached hydrogen (secondary N) is 1. The number of aromatic nitrogens is 1. The number of nitrogens with zero attached hydrogens (tertiary/aromatic N) is 1. The van der Waals surface area contributed by atoms with Crippen molar-refractivity contribution in [1.29, 1.82) is 0 Å². The maximum Gasteiger partial charge on any atom is 0.244 e. The van der Waals surface area contributed by atoms with Gasteiger partial charge >= 0.3 is 0 Å². The quantitative estimate of drug-likeness (QED) is 0.800. The van der Waals surface area contributed by atoms with Gasteiger partial charge in [-0.1, -0.05) is 6.92 Å². The van der Waals surface area contributed by atoms with Crippen molar-refractivity contribution in [2.24, 2.45) is 0 Å². The number of H-pyrrole nitrogens is 1. The van der Waals surface area contributed by atoms with Crippen LogP contribution in [-0.4, -0.2) is 35.4 Å². The minimum absolute atomic E-state index is 0.169. The number of aromatic amines is 1. The molecular weight excluding hydrogens is 228 g/mol. The highest BCUT2D eigenvalue weighted by molar-refractivity contribution is 7.89. The van der Waals surface area contributed by atoms with Gasteiger partial charge in [-0.2, -0.15) is 4.31 Å². The smallest absolute Gasteiger partial charge is 0.244 e. The number of aliphatic hydroxyl groups is 1. The lowest BCUT2D eigenvalue weighted by Gasteiger charge is -2.18. The van der Waals surface area contributed by atoms with Crippen molar-refractivity contribution in [3.8, 4) is 0 Å². The summed E-state index contributed by atoms with van der Waals surface area (Å²) >= 11 is 0. The normalized spacial score (nSPS) is 16.9. The van der Waals surface area contributed by atoms with E-state index < -0.39 is 10.0 Å². The number of hydrogen-bond donors (Lipinski definition) is 2. The van der Waals surface area contributed by atoms with Crippen LogP contribution in [0, 0.1) is 0 Å². The zero-order valence-corrected chi connectivity index (χ0v) is 10.00. The topological polar surface area (TPSA) is 73.4 Å². The fourth-order valence-corrected chi connectivity index (χ4v) is 3.49. The summed E-state index contributed by atoms with van der Waals surface area (Å²) in [6.07, 6.45) is 3.33. The van der Waals surface area contributed by atoms with E-state index in [0.29, 0.717) is 12.2 Å². The molecule has 5 nitrogen and oxygen atoms in total. The van der Waals surface area contributed by atoms with Crippen molar-refractivity contribution >= 4 is 10.0 Å². The Kier molecular flexibility index (Phi) is 3.05. The first-order chi connectivity index (χ1) is 7.59. The Morgan fingerprint density at radius 1 is 1.56 bits per heavy atom. The molecule has 2 rings (SSSR count). The highest BCUT2D eigenvalue weighted by atomic mass is 32.2. The van der Waals surface area contributed by atoms with E-state index in [2.05, 4.69) is 4.98 Å². The van der Waals surface area contributed by atoms with Gasteiger partial charge in [0.15, 0.2) is 0 Å². The van der Waals surface area contributed by atoms with E-state index in [1.54, 1.807) is 0 Å². The van der Waals surface area contributed by atoms with Crippen LogP contribution in [0.25, 0.3) is 0 Å². The molecule has 0 amide bonds. The molecule has 1 heterocycles. The highest BCUT2D eigenvalue weighted by Crippen LogP contribution is 2.31. The Morgan fingerprint density at radius 3 is 2.69 bits per heavy atom. The molecule has 1 aliphatic carbocycles. The van der Waals surface area contributed by atoms with Crippen molar-refractivity contribution in [3.05, 3.63) is 18.0 Å². The molecule has 0 bridgehead atoms. The second kappa shape index (κ2) is 4.20. The average Bonchev–Trinajstić information content (AvgIpc) is 2.95. The molecule has 1 aromatic rings. The first-order valence-electron chi connectivity index (χ1n) is 5.39. The average molecular weight is 244 g/mol. The summed E-state index contributed by atoms with van der Waals surface area (Å²) in [6.45, 7) is 2.16. The Balaban J connectivity index is 2.29. The lowest BCUT2D eigenvalue weighted by atomic mass is 10.5. The lowest BCUT2D eigenvalue weighted by Crippen LogP contribution is -2.32. The van der Waals surface area contributed by atoms with Crippen LogP contribution in [0.5, 0.6) is 0 Å². The molecule has 2 N–H and O–H groups in total. The van der Waals surface area contributed by atoms with Crippen LogP contribution in [0.4, 0.5) is 0 Å². The third-order valence-corrected chi connectivity index (χ3v) is 4.76. The second-order valence-corrected chi connectivity index (χ2v) is 5.85. The fourth-order valence-electron chi connectivity index (χ4n) is 1.78. The molecule has 1 fully saturated rings. The number of rotatable bonds is 5. The standard InChI is InChI=1S/C10H16N2O3S/c1-2-12(9-3-4-9)16(14,15)10-5-8(7-13)11-6-10/h5-6,9,11,13H,2-4,7H2,1H3. The van der Waals surface area contributed by atoms with Crippen LogP contribution in [0.3, 0.4) is 0 Å². The van der Waals surface area contributed by atoms with Crippen molar-refractivity contribution in [1.82, 2.24) is 9.29 Å². The minimum atomic E-state index is -3.39. The third kappa shape index (κ3) is 2.00. The van der Waals surface area contributed by atoms with E-state index in [1.165, 1.54) is 16.6 Å². The lowest BCUT2D eigenvalue weighted by molar-refractivity contribution is 0.277. The minimum Gasteiger partial charge on any atom is -0.390 e. The maximum absolute atomic E-state index is 12.2. The summed E-state index contributed by atoms with van der Waals surface area (Å²) in [7, 11) is -3.39. The van der Waals surface area contributed by atoms with Crippen molar-refractivity contribution in [2.75, 3.05) is 6.54 Å². The molecule has 0 atom stereocenters. The van der Waals surface area contributed by atoms with Crippen LogP contribution in [0.15, 0.2) is 17.2 Å². The fraction of sp³-hybridized carbons (Fsp3) is 0.600. The van der Waals surface area contributed by atoms with E-state index in [0.717, 1.165) is 12.8 Å². The van der Waals surface area contributed by atoms with Crippen LogP contribution in [0.1, 0.15) is 25.5 Å². The molecule has 0 radical (unpaired) electrons. The summed E-state index contributed by atoms with van der Waals surface area (Å²) in [5.74, 6) is 0. The van der Waals surface area contributed by atoms with Crippen LogP contribution >= 0.6 is 0 Å². The first kappa shape index (κ1) is 11.6. The van der Waals surface area contributed by atoms with Gasteiger partial charge in [0.1, 0.15) is 0 Å². The zero-order valence-electron chi connectivity index (χ0n) is 9.18. The summed E-state index contributed by atoms with van der Waals surface area (Å²) in [4.78, 5) is 2.99. The summed E-state index contributed by atoms with van der Waals surface area (Å²) < 4.78 is 25.9. The van der Waals surface area contributed by atoms with Gasteiger partial charge in [0, 0.05) is 24.5 Å². The van der Waals surface area contributed by atoms with E-state index in [9.17, 15) is 8.42 Å². The first-order valence-corrected chi connectivity index (χ1v) is 6.83. The van der Waals surface area contributed by atoms with Crippen molar-refractivity contribution in [2.45, 2.75) is 37.3 Å². The molecular formula is C10H16N2O3S. The summed E-state index contributed by atoms with van der Waals surface area (Å²) in [6, 6.07) is 1.66. The number of hydrogen-bond acceptors (Lipinski definition) is 3. The zero-order chi connectivity index (χ0) is 11.8. The van der Waals surface area contributed by atoms with Gasteiger partial charge in [-0.25, -0.2) is 8.42 Å². The van der Waals surface area contributed by atoms with E-state index in [4.69, 9.17) is 5.11 Å². The van der Waals surface area contributed by atoms with Gasteiger partial charge < -0.3 is 10.1 Å². The van der Waals surface area contributed by atoms with E-state index >= 15 is 0 Å². The highest BCUT2D eigenvalue weighted by Gasteiger charge is 2.37. The molecule has 0 aliphatic heterocycles. The van der Waals surface area contributed by atoms with Crippen molar-refractivity contribution in [3.63, 3.8) is 0 Å².